The molecule has 38 heavy (non-hydrogen) atoms. The highest BCUT2D eigenvalue weighted by Crippen LogP contribution is 2.39. The molecule has 5 rings (SSSR count). The van der Waals surface area contributed by atoms with Crippen LogP contribution in [0.25, 0.3) is 0 Å². The Morgan fingerprint density at radius 2 is 2.18 bits per heavy atom. The third-order valence-electron chi connectivity index (χ3n) is 8.14. The molecule has 2 N–H and O–H groups in total. The molecule has 2 aromatic rings. The number of unbranched alkanes of at least 4 members (excludes halogenated alkanes) is 1. The van der Waals surface area contributed by atoms with E-state index in [2.05, 4.69) is 36.2 Å². The largest absolute Gasteiger partial charge is 0.480 e. The average molecular weight is 523 g/mol. The number of hydrogen-bond donors (Lipinski definition) is 2. The van der Waals surface area contributed by atoms with Gasteiger partial charge in [0, 0.05) is 61.9 Å². The Hall–Kier alpha value is -2.55. The minimum Gasteiger partial charge on any atom is -0.480 e. The lowest BCUT2D eigenvalue weighted by atomic mass is 9.83. The summed E-state index contributed by atoms with van der Waals surface area (Å²) in [5.41, 5.74) is 5.04. The van der Waals surface area contributed by atoms with E-state index in [4.69, 9.17) is 19.4 Å². The summed E-state index contributed by atoms with van der Waals surface area (Å²) >= 11 is 0. The second-order valence-corrected chi connectivity index (χ2v) is 11.6. The van der Waals surface area contributed by atoms with Gasteiger partial charge in [0.2, 0.25) is 0 Å². The maximum atomic E-state index is 12.5. The molecule has 0 bridgehead atoms. The van der Waals surface area contributed by atoms with E-state index < -0.39 is 12.0 Å². The van der Waals surface area contributed by atoms with Gasteiger partial charge in [0.15, 0.2) is 0 Å². The Labute approximate surface area is 226 Å². The first-order valence-electron chi connectivity index (χ1n) is 14.3. The summed E-state index contributed by atoms with van der Waals surface area (Å²) in [7, 11) is 0. The Balaban J connectivity index is 1.13. The second-order valence-electron chi connectivity index (χ2n) is 11.6. The van der Waals surface area contributed by atoms with Crippen LogP contribution in [0.5, 0.6) is 0 Å². The normalized spacial score (nSPS) is 23.9. The highest BCUT2D eigenvalue weighted by Gasteiger charge is 2.38. The molecule has 0 aromatic carbocycles. The molecule has 3 aliphatic rings. The van der Waals surface area contributed by atoms with Gasteiger partial charge in [-0.2, -0.15) is 0 Å². The molecule has 0 saturated carbocycles. The molecule has 3 aliphatic heterocycles. The van der Waals surface area contributed by atoms with Crippen molar-refractivity contribution in [1.82, 2.24) is 14.9 Å². The van der Waals surface area contributed by atoms with E-state index in [9.17, 15) is 9.90 Å². The van der Waals surface area contributed by atoms with Gasteiger partial charge in [-0.1, -0.05) is 6.07 Å². The Morgan fingerprint density at radius 3 is 3.03 bits per heavy atom. The van der Waals surface area contributed by atoms with Crippen molar-refractivity contribution >= 4 is 11.7 Å². The lowest BCUT2D eigenvalue weighted by molar-refractivity contribution is -0.143. The summed E-state index contributed by atoms with van der Waals surface area (Å²) in [6.45, 7) is 7.93. The Morgan fingerprint density at radius 1 is 1.29 bits per heavy atom. The van der Waals surface area contributed by atoms with Crippen molar-refractivity contribution in [1.29, 1.82) is 0 Å². The predicted octanol–water partition coefficient (Wildman–Crippen LogP) is 4.75. The van der Waals surface area contributed by atoms with Gasteiger partial charge in [0.05, 0.1) is 23.1 Å². The Kier molecular flexibility index (Phi) is 8.61. The SMILES string of the molecule is CC1(C)CC(c2ncccc2C(C(=O)O)N2CC[C@@H](OCCCCc3ccc4c(n3)CCCN4)C2)CCO1. The van der Waals surface area contributed by atoms with Crippen LogP contribution >= 0.6 is 0 Å². The van der Waals surface area contributed by atoms with Crippen molar-refractivity contribution in [3.05, 3.63) is 53.1 Å². The minimum absolute atomic E-state index is 0.0620. The molecular formula is C30H42N4O4. The van der Waals surface area contributed by atoms with E-state index >= 15 is 0 Å². The van der Waals surface area contributed by atoms with Crippen LogP contribution < -0.4 is 5.32 Å². The van der Waals surface area contributed by atoms with Gasteiger partial charge in [-0.15, -0.1) is 0 Å². The maximum absolute atomic E-state index is 12.5. The van der Waals surface area contributed by atoms with Crippen LogP contribution in [0.15, 0.2) is 30.5 Å². The zero-order valence-corrected chi connectivity index (χ0v) is 22.8. The number of aromatic nitrogens is 2. The summed E-state index contributed by atoms with van der Waals surface area (Å²) < 4.78 is 12.1. The number of aliphatic carboxylic acids is 1. The van der Waals surface area contributed by atoms with Crippen molar-refractivity contribution in [2.75, 3.05) is 38.2 Å². The zero-order valence-electron chi connectivity index (χ0n) is 22.8. The average Bonchev–Trinajstić information content (AvgIpc) is 3.36. The van der Waals surface area contributed by atoms with Crippen LogP contribution in [0.1, 0.15) is 87.0 Å². The highest BCUT2D eigenvalue weighted by molar-refractivity contribution is 5.76. The quantitative estimate of drug-likeness (QED) is 0.432. The molecule has 2 unspecified atom stereocenters. The van der Waals surface area contributed by atoms with Gasteiger partial charge in [-0.3, -0.25) is 19.7 Å². The van der Waals surface area contributed by atoms with Crippen LogP contribution in [0, 0.1) is 0 Å². The number of carboxylic acid groups (broad SMARTS) is 1. The van der Waals surface area contributed by atoms with E-state index in [1.165, 1.54) is 11.4 Å². The first-order chi connectivity index (χ1) is 18.4. The number of fused-ring (bicyclic) bond motifs is 1. The zero-order chi connectivity index (χ0) is 26.5. The molecule has 0 spiro atoms. The number of nitrogens with one attached hydrogen (secondary N) is 1. The minimum atomic E-state index is -0.820. The van der Waals surface area contributed by atoms with E-state index in [-0.39, 0.29) is 17.6 Å². The summed E-state index contributed by atoms with van der Waals surface area (Å²) in [6.07, 6.45) is 9.58. The number of carboxylic acids is 1. The molecule has 2 fully saturated rings. The fraction of sp³-hybridized carbons (Fsp3) is 0.633. The van der Waals surface area contributed by atoms with Gasteiger partial charge < -0.3 is 19.9 Å². The van der Waals surface area contributed by atoms with E-state index in [1.54, 1.807) is 6.20 Å². The van der Waals surface area contributed by atoms with E-state index in [1.807, 2.05) is 12.1 Å². The fourth-order valence-corrected chi connectivity index (χ4v) is 6.25. The number of hydrogen-bond acceptors (Lipinski definition) is 7. The Bertz CT molecular complexity index is 1110. The molecule has 0 amide bonds. The van der Waals surface area contributed by atoms with Crippen molar-refractivity contribution in [2.24, 2.45) is 0 Å². The molecule has 2 saturated heterocycles. The molecular weight excluding hydrogens is 480 g/mol. The van der Waals surface area contributed by atoms with Gasteiger partial charge in [-0.25, -0.2) is 0 Å². The number of carbonyl (C=O) groups is 1. The lowest BCUT2D eigenvalue weighted by Crippen LogP contribution is -2.36. The molecule has 206 valence electrons. The number of anilines is 1. The van der Waals surface area contributed by atoms with Crippen molar-refractivity contribution in [3.63, 3.8) is 0 Å². The number of aryl methyl sites for hydroxylation is 2. The predicted molar refractivity (Wildman–Crippen MR) is 147 cm³/mol. The summed E-state index contributed by atoms with van der Waals surface area (Å²) in [6, 6.07) is 7.39. The first kappa shape index (κ1) is 27.0. The van der Waals surface area contributed by atoms with E-state index in [0.717, 1.165) is 74.9 Å². The third-order valence-corrected chi connectivity index (χ3v) is 8.14. The molecule has 0 aliphatic carbocycles. The lowest BCUT2D eigenvalue weighted by Gasteiger charge is -2.36. The number of ether oxygens (including phenoxy) is 2. The van der Waals surface area contributed by atoms with Crippen LogP contribution in [0.3, 0.4) is 0 Å². The van der Waals surface area contributed by atoms with Crippen LogP contribution in [0.4, 0.5) is 5.69 Å². The van der Waals surface area contributed by atoms with Gasteiger partial charge >= 0.3 is 5.97 Å². The number of pyridine rings is 2. The van der Waals surface area contributed by atoms with Gasteiger partial charge in [-0.05, 0) is 83.4 Å². The molecule has 8 heteroatoms. The number of rotatable bonds is 10. The molecule has 3 atom stereocenters. The standard InChI is InChI=1S/C30H42N4O4/c1-30(2)19-21(13-18-38-30)27-24(8-5-15-32-27)28(29(35)36)34-16-12-23(20-34)37-17-4-3-7-22-10-11-25-26(33-22)9-6-14-31-25/h5,8,10-11,15,21,23,28,31H,3-4,6-7,9,12-14,16-20H2,1-2H3,(H,35,36)/t21?,23-,28?/m1/s1. The maximum Gasteiger partial charge on any atom is 0.325 e. The van der Waals surface area contributed by atoms with Crippen LogP contribution in [-0.4, -0.2) is 70.5 Å². The summed E-state index contributed by atoms with van der Waals surface area (Å²) in [4.78, 5) is 24.1. The molecule has 8 nitrogen and oxygen atoms in total. The van der Waals surface area contributed by atoms with Crippen molar-refractivity contribution in [3.8, 4) is 0 Å². The van der Waals surface area contributed by atoms with Crippen LogP contribution in [-0.2, 0) is 27.1 Å². The smallest absolute Gasteiger partial charge is 0.325 e. The number of nitrogens with zero attached hydrogens (tertiary/aromatic N) is 3. The molecule has 0 radical (unpaired) electrons. The van der Waals surface area contributed by atoms with E-state index in [0.29, 0.717) is 26.3 Å². The van der Waals surface area contributed by atoms with Gasteiger partial charge in [0.1, 0.15) is 6.04 Å². The fourth-order valence-electron chi connectivity index (χ4n) is 6.25. The van der Waals surface area contributed by atoms with Gasteiger partial charge in [0.25, 0.3) is 0 Å². The molecule has 2 aromatic heterocycles. The van der Waals surface area contributed by atoms with Crippen molar-refractivity contribution in [2.45, 2.75) is 88.9 Å². The summed E-state index contributed by atoms with van der Waals surface area (Å²) in [5, 5.41) is 13.7. The van der Waals surface area contributed by atoms with Crippen LogP contribution in [0.2, 0.25) is 0 Å². The second kappa shape index (κ2) is 12.1. The first-order valence-corrected chi connectivity index (χ1v) is 14.3. The summed E-state index contributed by atoms with van der Waals surface area (Å²) in [5.74, 6) is -0.619. The topological polar surface area (TPSA) is 96.8 Å². The monoisotopic (exact) mass is 522 g/mol. The van der Waals surface area contributed by atoms with Crippen molar-refractivity contribution < 1.29 is 19.4 Å². The highest BCUT2D eigenvalue weighted by atomic mass is 16.5. The molecule has 5 heterocycles. The number of likely N-dealkylation sites (tertiary alicyclic amines) is 1. The third kappa shape index (κ3) is 6.53.